The summed E-state index contributed by atoms with van der Waals surface area (Å²) in [6, 6.07) is 6.67. The fourth-order valence-electron chi connectivity index (χ4n) is 3.29. The average molecular weight is 434 g/mol. The second kappa shape index (κ2) is 8.56. The molecule has 0 saturated carbocycles. The SMILES string of the molecule is O=C(Cc1ccc([C@H]2CNCCO2)c(F)c1)c1cnn(-c2ccc(C(F)(F)F)nc2)c1. The number of nitrogens with one attached hydrogen (secondary N) is 1. The fraction of sp³-hybridized carbons (Fsp3) is 0.286. The van der Waals surface area contributed by atoms with Crippen LogP contribution in [-0.4, -0.2) is 40.2 Å². The predicted molar refractivity (Wildman–Crippen MR) is 102 cm³/mol. The van der Waals surface area contributed by atoms with Gasteiger partial charge in [-0.3, -0.25) is 4.79 Å². The summed E-state index contributed by atoms with van der Waals surface area (Å²) < 4.78 is 59.2. The molecule has 10 heteroatoms. The highest BCUT2D eigenvalue weighted by Crippen LogP contribution is 2.27. The molecule has 0 aliphatic carbocycles. The van der Waals surface area contributed by atoms with Gasteiger partial charge in [-0.25, -0.2) is 14.1 Å². The summed E-state index contributed by atoms with van der Waals surface area (Å²) in [6.45, 7) is 1.75. The number of hydrogen-bond acceptors (Lipinski definition) is 5. The summed E-state index contributed by atoms with van der Waals surface area (Å²) in [5, 5.41) is 7.15. The molecule has 1 saturated heterocycles. The number of aromatic nitrogens is 3. The highest BCUT2D eigenvalue weighted by atomic mass is 19.4. The van der Waals surface area contributed by atoms with E-state index in [1.165, 1.54) is 29.2 Å². The van der Waals surface area contributed by atoms with E-state index in [0.717, 1.165) is 18.8 Å². The van der Waals surface area contributed by atoms with E-state index in [1.807, 2.05) is 0 Å². The number of hydrogen-bond donors (Lipinski definition) is 1. The molecule has 1 aromatic carbocycles. The lowest BCUT2D eigenvalue weighted by Gasteiger charge is -2.24. The third kappa shape index (κ3) is 4.80. The second-order valence-electron chi connectivity index (χ2n) is 7.09. The number of rotatable bonds is 5. The van der Waals surface area contributed by atoms with Crippen molar-refractivity contribution in [1.29, 1.82) is 0 Å². The topological polar surface area (TPSA) is 69.0 Å². The summed E-state index contributed by atoms with van der Waals surface area (Å²) in [7, 11) is 0. The highest BCUT2D eigenvalue weighted by Gasteiger charge is 2.32. The number of halogens is 4. The standard InChI is InChI=1S/C21H18F4N4O2/c22-17-7-13(1-3-16(17)19-11-26-5-6-31-19)8-18(30)14-9-28-29(12-14)15-2-4-20(27-10-15)21(23,24)25/h1-4,7,9-10,12,19,26H,5-6,8,11H2/t19-/m1/s1. The lowest BCUT2D eigenvalue weighted by Crippen LogP contribution is -2.33. The first-order valence-electron chi connectivity index (χ1n) is 9.53. The smallest absolute Gasteiger partial charge is 0.371 e. The Labute approximate surface area is 174 Å². The molecule has 3 heterocycles. The zero-order valence-electron chi connectivity index (χ0n) is 16.2. The molecule has 1 fully saturated rings. The summed E-state index contributed by atoms with van der Waals surface area (Å²) in [5.74, 6) is -0.737. The van der Waals surface area contributed by atoms with Crippen molar-refractivity contribution >= 4 is 5.78 Å². The molecule has 0 radical (unpaired) electrons. The molecule has 1 atom stereocenters. The normalized spacial score (nSPS) is 17.0. The van der Waals surface area contributed by atoms with Gasteiger partial charge in [-0.15, -0.1) is 0 Å². The summed E-state index contributed by atoms with van der Waals surface area (Å²) >= 11 is 0. The zero-order chi connectivity index (χ0) is 22.0. The molecule has 0 bridgehead atoms. The maximum atomic E-state index is 14.5. The van der Waals surface area contributed by atoms with E-state index in [0.29, 0.717) is 24.3 Å². The second-order valence-corrected chi connectivity index (χ2v) is 7.09. The number of ether oxygens (including phenoxy) is 1. The van der Waals surface area contributed by atoms with E-state index in [2.05, 4.69) is 15.4 Å². The van der Waals surface area contributed by atoms with Crippen LogP contribution < -0.4 is 5.32 Å². The Morgan fingerprint density at radius 1 is 1.23 bits per heavy atom. The van der Waals surface area contributed by atoms with E-state index in [4.69, 9.17) is 4.74 Å². The van der Waals surface area contributed by atoms with E-state index < -0.39 is 17.7 Å². The third-order valence-electron chi connectivity index (χ3n) is 4.91. The Bertz CT molecular complexity index is 1070. The maximum absolute atomic E-state index is 14.5. The van der Waals surface area contributed by atoms with Gasteiger partial charge in [0.05, 0.1) is 36.4 Å². The monoisotopic (exact) mass is 434 g/mol. The molecular weight excluding hydrogens is 416 g/mol. The number of carbonyl (C=O) groups is 1. The molecule has 0 unspecified atom stereocenters. The minimum atomic E-state index is -4.53. The Hall–Kier alpha value is -3.11. The molecule has 6 nitrogen and oxygen atoms in total. The van der Waals surface area contributed by atoms with Crippen LogP contribution in [-0.2, 0) is 17.3 Å². The van der Waals surface area contributed by atoms with E-state index >= 15 is 0 Å². The minimum absolute atomic E-state index is 0.0437. The number of alkyl halides is 3. The number of benzene rings is 1. The number of morpholine rings is 1. The van der Waals surface area contributed by atoms with Gasteiger partial charge in [0.25, 0.3) is 0 Å². The lowest BCUT2D eigenvalue weighted by atomic mass is 10.0. The lowest BCUT2D eigenvalue weighted by molar-refractivity contribution is -0.141. The van der Waals surface area contributed by atoms with Crippen molar-refractivity contribution in [3.8, 4) is 5.69 Å². The summed E-state index contributed by atoms with van der Waals surface area (Å²) in [6.07, 6.45) is -1.20. The van der Waals surface area contributed by atoms with Crippen molar-refractivity contribution in [3.05, 3.63) is 77.1 Å². The molecule has 1 N–H and O–H groups in total. The Kier molecular flexibility index (Phi) is 5.84. The van der Waals surface area contributed by atoms with E-state index in [-0.39, 0.29) is 29.6 Å². The van der Waals surface area contributed by atoms with Crippen LogP contribution in [0.2, 0.25) is 0 Å². The van der Waals surface area contributed by atoms with Crippen molar-refractivity contribution in [3.63, 3.8) is 0 Å². The van der Waals surface area contributed by atoms with Crippen LogP contribution in [0.5, 0.6) is 0 Å². The van der Waals surface area contributed by atoms with Crippen LogP contribution >= 0.6 is 0 Å². The van der Waals surface area contributed by atoms with Crippen molar-refractivity contribution in [2.75, 3.05) is 19.7 Å². The number of pyridine rings is 1. The third-order valence-corrected chi connectivity index (χ3v) is 4.91. The summed E-state index contributed by atoms with van der Waals surface area (Å²) in [5.41, 5.74) is 0.456. The largest absolute Gasteiger partial charge is 0.433 e. The van der Waals surface area contributed by atoms with E-state index in [9.17, 15) is 22.4 Å². The fourth-order valence-corrected chi connectivity index (χ4v) is 3.29. The molecule has 162 valence electrons. The van der Waals surface area contributed by atoms with Crippen LogP contribution in [0.15, 0.2) is 48.9 Å². The Morgan fingerprint density at radius 2 is 2.06 bits per heavy atom. The Balaban J connectivity index is 1.45. The van der Waals surface area contributed by atoms with Crippen LogP contribution in [0.25, 0.3) is 5.69 Å². The highest BCUT2D eigenvalue weighted by molar-refractivity contribution is 5.97. The quantitative estimate of drug-likeness (QED) is 0.492. The van der Waals surface area contributed by atoms with Gasteiger partial charge in [0.1, 0.15) is 11.5 Å². The first kappa shape index (κ1) is 21.1. The molecule has 3 aromatic rings. The van der Waals surface area contributed by atoms with Crippen LogP contribution in [0.4, 0.5) is 17.6 Å². The summed E-state index contributed by atoms with van der Waals surface area (Å²) in [4.78, 5) is 15.9. The zero-order valence-corrected chi connectivity index (χ0v) is 16.2. The van der Waals surface area contributed by atoms with Gasteiger partial charge in [-0.1, -0.05) is 12.1 Å². The van der Waals surface area contributed by atoms with Crippen molar-refractivity contribution in [2.24, 2.45) is 0 Å². The number of nitrogens with zero attached hydrogens (tertiary/aromatic N) is 3. The first-order chi connectivity index (χ1) is 14.8. The van der Waals surface area contributed by atoms with Crippen LogP contribution in [0.3, 0.4) is 0 Å². The molecule has 1 aliphatic heterocycles. The van der Waals surface area contributed by atoms with Crippen molar-refractivity contribution in [2.45, 2.75) is 18.7 Å². The average Bonchev–Trinajstić information content (AvgIpc) is 3.24. The van der Waals surface area contributed by atoms with Gasteiger partial charge < -0.3 is 10.1 Å². The Morgan fingerprint density at radius 3 is 2.71 bits per heavy atom. The first-order valence-corrected chi connectivity index (χ1v) is 9.53. The van der Waals surface area contributed by atoms with Crippen molar-refractivity contribution < 1.29 is 27.1 Å². The van der Waals surface area contributed by atoms with E-state index in [1.54, 1.807) is 12.1 Å². The minimum Gasteiger partial charge on any atom is -0.371 e. The van der Waals surface area contributed by atoms with Gasteiger partial charge >= 0.3 is 6.18 Å². The van der Waals surface area contributed by atoms with Crippen LogP contribution in [0, 0.1) is 5.82 Å². The molecule has 2 aromatic heterocycles. The van der Waals surface area contributed by atoms with Crippen molar-refractivity contribution in [1.82, 2.24) is 20.1 Å². The molecule has 31 heavy (non-hydrogen) atoms. The van der Waals surface area contributed by atoms with Crippen LogP contribution in [0.1, 0.15) is 33.3 Å². The maximum Gasteiger partial charge on any atom is 0.433 e. The number of ketones is 1. The van der Waals surface area contributed by atoms with Gasteiger partial charge in [0.2, 0.25) is 0 Å². The van der Waals surface area contributed by atoms with Gasteiger partial charge in [0, 0.05) is 31.3 Å². The van der Waals surface area contributed by atoms with Gasteiger partial charge in [-0.05, 0) is 23.8 Å². The number of carbonyl (C=O) groups excluding carboxylic acids is 1. The molecular formula is C21H18F4N4O2. The predicted octanol–water partition coefficient (Wildman–Crippen LogP) is 3.51. The molecule has 1 aliphatic rings. The molecule has 4 rings (SSSR count). The molecule has 0 amide bonds. The molecule has 0 spiro atoms. The van der Waals surface area contributed by atoms with Gasteiger partial charge in [-0.2, -0.15) is 18.3 Å². The van der Waals surface area contributed by atoms with Gasteiger partial charge in [0.15, 0.2) is 5.78 Å². The number of Topliss-reactive ketones (excluding diaryl/α,β-unsaturated/α-hetero) is 1.